The second-order valence-electron chi connectivity index (χ2n) is 3.83. The summed E-state index contributed by atoms with van der Waals surface area (Å²) in [5.74, 6) is 0.586. The Labute approximate surface area is 97.9 Å². The van der Waals surface area contributed by atoms with Crippen molar-refractivity contribution < 1.29 is 0 Å². The minimum Gasteiger partial charge on any atom is -0.395 e. The van der Waals surface area contributed by atoms with E-state index in [4.69, 9.17) is 5.73 Å². The third-order valence-electron chi connectivity index (χ3n) is 2.66. The average Bonchev–Trinajstić information content (AvgIpc) is 2.80. The molecule has 0 amide bonds. The summed E-state index contributed by atoms with van der Waals surface area (Å²) in [4.78, 5) is 8.62. The molecule has 0 fully saturated rings. The topological polar surface area (TPSA) is 69.1 Å². The van der Waals surface area contributed by atoms with Gasteiger partial charge in [0.1, 0.15) is 5.69 Å². The van der Waals surface area contributed by atoms with E-state index in [1.807, 2.05) is 37.4 Å². The van der Waals surface area contributed by atoms with Crippen molar-refractivity contribution in [2.45, 2.75) is 6.92 Å². The van der Waals surface area contributed by atoms with E-state index < -0.39 is 0 Å². The molecule has 5 nitrogen and oxygen atoms in total. The van der Waals surface area contributed by atoms with Crippen molar-refractivity contribution in [3.63, 3.8) is 0 Å². The van der Waals surface area contributed by atoms with Gasteiger partial charge in [-0.2, -0.15) is 0 Å². The number of nitrogens with zero attached hydrogens (tertiary/aromatic N) is 4. The van der Waals surface area contributed by atoms with E-state index in [0.29, 0.717) is 17.2 Å². The van der Waals surface area contributed by atoms with Crippen molar-refractivity contribution in [2.24, 2.45) is 0 Å². The Kier molecular flexibility index (Phi) is 2.04. The second kappa shape index (κ2) is 3.55. The number of nitrogens with two attached hydrogens (primary N) is 1. The van der Waals surface area contributed by atoms with Crippen LogP contribution in [0.15, 0.2) is 36.7 Å². The first-order valence-corrected chi connectivity index (χ1v) is 5.28. The molecule has 3 rings (SSSR count). The summed E-state index contributed by atoms with van der Waals surface area (Å²) in [7, 11) is 0. The van der Waals surface area contributed by atoms with Gasteiger partial charge in [0.25, 0.3) is 0 Å². The van der Waals surface area contributed by atoms with Crippen molar-refractivity contribution in [2.75, 3.05) is 5.73 Å². The molecule has 0 atom stereocenters. The van der Waals surface area contributed by atoms with Crippen molar-refractivity contribution in [3.05, 3.63) is 42.2 Å². The molecule has 0 bridgehead atoms. The number of rotatable bonds is 1. The van der Waals surface area contributed by atoms with E-state index in [1.165, 1.54) is 0 Å². The first-order chi connectivity index (χ1) is 8.25. The van der Waals surface area contributed by atoms with Crippen LogP contribution >= 0.6 is 0 Å². The van der Waals surface area contributed by atoms with E-state index in [9.17, 15) is 0 Å². The summed E-state index contributed by atoms with van der Waals surface area (Å²) in [5, 5.41) is 4.35. The van der Waals surface area contributed by atoms with Gasteiger partial charge in [-0.05, 0) is 30.7 Å². The number of pyridine rings is 2. The van der Waals surface area contributed by atoms with Crippen LogP contribution < -0.4 is 5.73 Å². The highest BCUT2D eigenvalue weighted by Gasteiger charge is 2.10. The van der Waals surface area contributed by atoms with Gasteiger partial charge >= 0.3 is 0 Å². The van der Waals surface area contributed by atoms with Crippen LogP contribution in [0.25, 0.3) is 17.2 Å². The van der Waals surface area contributed by atoms with Gasteiger partial charge in [0.2, 0.25) is 5.82 Å². The summed E-state index contributed by atoms with van der Waals surface area (Å²) in [6.07, 6.45) is 3.57. The number of nitrogen functional groups attached to an aromatic ring is 1. The summed E-state index contributed by atoms with van der Waals surface area (Å²) >= 11 is 0. The Bertz CT molecular complexity index is 672. The molecule has 0 saturated carbocycles. The lowest BCUT2D eigenvalue weighted by atomic mass is 10.2. The van der Waals surface area contributed by atoms with Crippen molar-refractivity contribution in [1.82, 2.24) is 19.6 Å². The predicted octanol–water partition coefficient (Wildman–Crippen LogP) is 1.68. The molecular weight excluding hydrogens is 214 g/mol. The molecule has 3 aromatic rings. The first kappa shape index (κ1) is 9.77. The smallest absolute Gasteiger partial charge is 0.200 e. The summed E-state index contributed by atoms with van der Waals surface area (Å²) < 4.78 is 1.67. The molecule has 0 radical (unpaired) electrons. The molecular formula is C12H11N5. The van der Waals surface area contributed by atoms with E-state index in [2.05, 4.69) is 15.1 Å². The molecule has 0 aliphatic rings. The fourth-order valence-corrected chi connectivity index (χ4v) is 1.66. The van der Waals surface area contributed by atoms with Gasteiger partial charge in [0.15, 0.2) is 5.65 Å². The molecule has 0 aromatic carbocycles. The number of hydrogen-bond donors (Lipinski definition) is 1. The van der Waals surface area contributed by atoms with Crippen molar-refractivity contribution >= 4 is 11.3 Å². The summed E-state index contributed by atoms with van der Waals surface area (Å²) in [6, 6.07) is 7.55. The van der Waals surface area contributed by atoms with Gasteiger partial charge < -0.3 is 5.73 Å². The van der Waals surface area contributed by atoms with Crippen LogP contribution in [-0.2, 0) is 0 Å². The number of aromatic nitrogens is 4. The van der Waals surface area contributed by atoms with Crippen LogP contribution in [0.1, 0.15) is 5.56 Å². The molecule has 3 heterocycles. The zero-order valence-electron chi connectivity index (χ0n) is 9.33. The largest absolute Gasteiger partial charge is 0.395 e. The summed E-state index contributed by atoms with van der Waals surface area (Å²) in [5.41, 5.74) is 9.03. The Morgan fingerprint density at radius 2 is 2.12 bits per heavy atom. The molecule has 0 aliphatic heterocycles. The minimum absolute atomic E-state index is 0.586. The third kappa shape index (κ3) is 1.52. The lowest BCUT2D eigenvalue weighted by Gasteiger charge is -1.98. The highest BCUT2D eigenvalue weighted by molar-refractivity contribution is 5.70. The third-order valence-corrected chi connectivity index (χ3v) is 2.66. The number of aryl methyl sites for hydroxylation is 1. The van der Waals surface area contributed by atoms with Crippen LogP contribution in [0.4, 0.5) is 5.69 Å². The minimum atomic E-state index is 0.586. The quantitative estimate of drug-likeness (QED) is 0.684. The standard InChI is InChI=1S/C12H11N5/c1-8-5-7-17-12(10(8)13)15-11(16-17)9-4-2-3-6-14-9/h2-7H,13H2,1H3. The predicted molar refractivity (Wildman–Crippen MR) is 65.4 cm³/mol. The molecule has 17 heavy (non-hydrogen) atoms. The second-order valence-corrected chi connectivity index (χ2v) is 3.83. The number of anilines is 1. The van der Waals surface area contributed by atoms with E-state index in [1.54, 1.807) is 10.7 Å². The van der Waals surface area contributed by atoms with E-state index in [0.717, 1.165) is 11.3 Å². The lowest BCUT2D eigenvalue weighted by molar-refractivity contribution is 0.960. The maximum absolute atomic E-state index is 5.97. The van der Waals surface area contributed by atoms with Crippen LogP contribution in [0.2, 0.25) is 0 Å². The van der Waals surface area contributed by atoms with E-state index >= 15 is 0 Å². The zero-order valence-corrected chi connectivity index (χ0v) is 9.33. The molecule has 0 unspecified atom stereocenters. The molecule has 0 saturated heterocycles. The zero-order chi connectivity index (χ0) is 11.8. The highest BCUT2D eigenvalue weighted by Crippen LogP contribution is 2.19. The van der Waals surface area contributed by atoms with Crippen LogP contribution in [-0.4, -0.2) is 19.6 Å². The van der Waals surface area contributed by atoms with Gasteiger partial charge in [0, 0.05) is 12.4 Å². The number of fused-ring (bicyclic) bond motifs is 1. The van der Waals surface area contributed by atoms with E-state index in [-0.39, 0.29) is 0 Å². The van der Waals surface area contributed by atoms with Gasteiger partial charge in [-0.1, -0.05) is 6.07 Å². The van der Waals surface area contributed by atoms with Crippen LogP contribution in [0.3, 0.4) is 0 Å². The Balaban J connectivity index is 2.24. The van der Waals surface area contributed by atoms with Gasteiger partial charge in [-0.15, -0.1) is 5.10 Å². The maximum Gasteiger partial charge on any atom is 0.200 e. The Morgan fingerprint density at radius 3 is 2.88 bits per heavy atom. The maximum atomic E-state index is 5.97. The fourth-order valence-electron chi connectivity index (χ4n) is 1.66. The van der Waals surface area contributed by atoms with Gasteiger partial charge in [-0.3, -0.25) is 4.98 Å². The SMILES string of the molecule is Cc1ccn2nc(-c3ccccn3)nc2c1N. The van der Waals surface area contributed by atoms with Gasteiger partial charge in [0.05, 0.1) is 5.69 Å². The average molecular weight is 225 g/mol. The van der Waals surface area contributed by atoms with Crippen LogP contribution in [0, 0.1) is 6.92 Å². The molecule has 3 aromatic heterocycles. The Hall–Kier alpha value is -2.43. The van der Waals surface area contributed by atoms with Crippen molar-refractivity contribution in [3.8, 4) is 11.5 Å². The molecule has 2 N–H and O–H groups in total. The molecule has 84 valence electrons. The summed E-state index contributed by atoms with van der Waals surface area (Å²) in [6.45, 7) is 1.95. The van der Waals surface area contributed by atoms with Gasteiger partial charge in [-0.25, -0.2) is 9.50 Å². The highest BCUT2D eigenvalue weighted by atomic mass is 15.3. The molecule has 5 heteroatoms. The molecule has 0 aliphatic carbocycles. The number of hydrogen-bond acceptors (Lipinski definition) is 4. The fraction of sp³-hybridized carbons (Fsp3) is 0.0833. The monoisotopic (exact) mass is 225 g/mol. The lowest BCUT2D eigenvalue weighted by Crippen LogP contribution is -1.96. The normalized spacial score (nSPS) is 10.9. The first-order valence-electron chi connectivity index (χ1n) is 5.28. The van der Waals surface area contributed by atoms with Crippen molar-refractivity contribution in [1.29, 1.82) is 0 Å². The Morgan fingerprint density at radius 1 is 1.24 bits per heavy atom. The molecule has 0 spiro atoms. The van der Waals surface area contributed by atoms with Crippen LogP contribution in [0.5, 0.6) is 0 Å².